The summed E-state index contributed by atoms with van der Waals surface area (Å²) in [6.45, 7) is 0. The van der Waals surface area contributed by atoms with E-state index < -0.39 is 0 Å². The van der Waals surface area contributed by atoms with Gasteiger partial charge in [-0.05, 0) is 108 Å². The molecule has 64 heavy (non-hydrogen) atoms. The van der Waals surface area contributed by atoms with Gasteiger partial charge in [0, 0.05) is 56.7 Å². The largest absolute Gasteiger partial charge is 0.295 e. The first-order valence-electron chi connectivity index (χ1n) is 21.3. The van der Waals surface area contributed by atoms with Crippen LogP contribution in [-0.2, 0) is 0 Å². The second-order valence-corrected chi connectivity index (χ2v) is 15.6. The molecule has 0 spiro atoms. The van der Waals surface area contributed by atoms with E-state index in [0.717, 1.165) is 89.1 Å². The highest BCUT2D eigenvalue weighted by atomic mass is 15.3. The fourth-order valence-electron chi connectivity index (χ4n) is 9.01. The number of para-hydroxylation sites is 6. The predicted molar refractivity (Wildman–Crippen MR) is 261 cm³/mol. The molecule has 0 bridgehead atoms. The minimum atomic E-state index is 0.601. The van der Waals surface area contributed by atoms with Crippen molar-refractivity contribution in [3.63, 3.8) is 0 Å². The van der Waals surface area contributed by atoms with Crippen LogP contribution >= 0.6 is 0 Å². The van der Waals surface area contributed by atoms with Crippen LogP contribution in [0.2, 0.25) is 0 Å². The van der Waals surface area contributed by atoms with E-state index in [9.17, 15) is 0 Å². The van der Waals surface area contributed by atoms with E-state index in [1.807, 2.05) is 97.3 Å². The summed E-state index contributed by atoms with van der Waals surface area (Å²) in [6, 6.07) is 75.7. The lowest BCUT2D eigenvalue weighted by molar-refractivity contribution is 0.977. The molecular formula is C56H38N8. The zero-order valence-corrected chi connectivity index (χ0v) is 34.5. The molecule has 0 radical (unpaired) electrons. The molecule has 12 rings (SSSR count). The summed E-state index contributed by atoms with van der Waals surface area (Å²) in [5, 5.41) is 4.51. The van der Waals surface area contributed by atoms with Crippen LogP contribution in [0.15, 0.2) is 231 Å². The maximum absolute atomic E-state index is 5.25. The normalized spacial score (nSPS) is 11.4. The van der Waals surface area contributed by atoms with Crippen LogP contribution in [0.25, 0.3) is 66.6 Å². The molecule has 4 aromatic heterocycles. The highest BCUT2D eigenvalue weighted by Crippen LogP contribution is 2.40. The van der Waals surface area contributed by atoms with Crippen LogP contribution in [0.1, 0.15) is 0 Å². The molecule has 0 amide bonds. The molecule has 8 nitrogen and oxygen atoms in total. The van der Waals surface area contributed by atoms with Gasteiger partial charge in [0.1, 0.15) is 11.6 Å². The molecule has 0 fully saturated rings. The SMILES string of the molecule is c1ccc(N(c2ccccc2)c2ccnc(-n3c4ccccc4c4cc(-c5ccc6c(c5)c5ccccc5n6-c5nccc(N(c6ccccc6)c6ccccc6)n5)ccc43)n2)cc1. The lowest BCUT2D eigenvalue weighted by Crippen LogP contribution is -2.13. The minimum Gasteiger partial charge on any atom is -0.295 e. The van der Waals surface area contributed by atoms with Gasteiger partial charge in [-0.3, -0.25) is 18.9 Å². The molecule has 0 saturated heterocycles. The highest BCUT2D eigenvalue weighted by molar-refractivity contribution is 6.12. The van der Waals surface area contributed by atoms with Crippen LogP contribution in [0.3, 0.4) is 0 Å². The quantitative estimate of drug-likeness (QED) is 0.144. The van der Waals surface area contributed by atoms with Crippen molar-refractivity contribution in [3.8, 4) is 23.0 Å². The van der Waals surface area contributed by atoms with E-state index in [4.69, 9.17) is 19.9 Å². The van der Waals surface area contributed by atoms with Crippen molar-refractivity contribution in [2.45, 2.75) is 0 Å². The summed E-state index contributed by atoms with van der Waals surface area (Å²) >= 11 is 0. The number of nitrogens with zero attached hydrogens (tertiary/aromatic N) is 8. The molecule has 4 heterocycles. The van der Waals surface area contributed by atoms with Gasteiger partial charge < -0.3 is 0 Å². The second-order valence-electron chi connectivity index (χ2n) is 15.6. The third-order valence-electron chi connectivity index (χ3n) is 11.9. The van der Waals surface area contributed by atoms with Crippen molar-refractivity contribution in [3.05, 3.63) is 231 Å². The van der Waals surface area contributed by atoms with E-state index in [2.05, 4.69) is 152 Å². The van der Waals surface area contributed by atoms with Crippen LogP contribution in [0, 0.1) is 0 Å². The summed E-state index contributed by atoms with van der Waals surface area (Å²) < 4.78 is 4.35. The zero-order valence-electron chi connectivity index (χ0n) is 34.5. The summed E-state index contributed by atoms with van der Waals surface area (Å²) in [5.41, 5.74) is 10.4. The minimum absolute atomic E-state index is 0.601. The van der Waals surface area contributed by atoms with Crippen molar-refractivity contribution in [2.24, 2.45) is 0 Å². The van der Waals surface area contributed by atoms with Gasteiger partial charge in [-0.15, -0.1) is 0 Å². The van der Waals surface area contributed by atoms with Crippen LogP contribution in [0.5, 0.6) is 0 Å². The Balaban J connectivity index is 0.966. The average Bonchev–Trinajstić information content (AvgIpc) is 3.88. The van der Waals surface area contributed by atoms with Gasteiger partial charge in [0.25, 0.3) is 0 Å². The molecule has 0 N–H and O–H groups in total. The van der Waals surface area contributed by atoms with E-state index in [0.29, 0.717) is 11.9 Å². The smallest absolute Gasteiger partial charge is 0.236 e. The number of anilines is 6. The Morgan fingerprint density at radius 3 is 1.00 bits per heavy atom. The van der Waals surface area contributed by atoms with E-state index in [-0.39, 0.29) is 0 Å². The lowest BCUT2D eigenvalue weighted by atomic mass is 10.0. The molecule has 8 heteroatoms. The average molecular weight is 823 g/mol. The fraction of sp³-hybridized carbons (Fsp3) is 0. The van der Waals surface area contributed by atoms with Crippen molar-refractivity contribution in [2.75, 3.05) is 9.80 Å². The molecule has 0 unspecified atom stereocenters. The van der Waals surface area contributed by atoms with Crippen molar-refractivity contribution >= 4 is 78.0 Å². The maximum atomic E-state index is 5.25. The Morgan fingerprint density at radius 2 is 0.625 bits per heavy atom. The molecule has 0 atom stereocenters. The summed E-state index contributed by atoms with van der Waals surface area (Å²) in [5.74, 6) is 2.76. The maximum Gasteiger partial charge on any atom is 0.236 e. The van der Waals surface area contributed by atoms with Crippen molar-refractivity contribution in [1.29, 1.82) is 0 Å². The van der Waals surface area contributed by atoms with Crippen LogP contribution in [-0.4, -0.2) is 29.1 Å². The van der Waals surface area contributed by atoms with Gasteiger partial charge in [0.15, 0.2) is 0 Å². The number of fused-ring (bicyclic) bond motifs is 6. The second kappa shape index (κ2) is 15.5. The Bertz CT molecular complexity index is 3300. The first kappa shape index (κ1) is 36.9. The zero-order chi connectivity index (χ0) is 42.4. The number of rotatable bonds is 9. The molecule has 0 aliphatic heterocycles. The Kier molecular flexibility index (Phi) is 8.97. The van der Waals surface area contributed by atoms with Gasteiger partial charge in [0.05, 0.1) is 22.1 Å². The van der Waals surface area contributed by atoms with Gasteiger partial charge in [-0.25, -0.2) is 9.97 Å². The molecule has 0 saturated carbocycles. The molecule has 12 aromatic rings. The van der Waals surface area contributed by atoms with Gasteiger partial charge in [-0.2, -0.15) is 9.97 Å². The lowest BCUT2D eigenvalue weighted by Gasteiger charge is -2.24. The third kappa shape index (κ3) is 6.32. The van der Waals surface area contributed by atoms with E-state index in [1.165, 1.54) is 0 Å². The van der Waals surface area contributed by atoms with Gasteiger partial charge in [-0.1, -0.05) is 121 Å². The number of hydrogen-bond donors (Lipinski definition) is 0. The molecular weight excluding hydrogens is 785 g/mol. The predicted octanol–water partition coefficient (Wildman–Crippen LogP) is 14.1. The topological polar surface area (TPSA) is 67.9 Å². The monoisotopic (exact) mass is 822 g/mol. The first-order valence-corrected chi connectivity index (χ1v) is 21.3. The van der Waals surface area contributed by atoms with Gasteiger partial charge in [0.2, 0.25) is 11.9 Å². The highest BCUT2D eigenvalue weighted by Gasteiger charge is 2.21. The van der Waals surface area contributed by atoms with Gasteiger partial charge >= 0.3 is 0 Å². The first-order chi connectivity index (χ1) is 31.8. The van der Waals surface area contributed by atoms with E-state index >= 15 is 0 Å². The Morgan fingerprint density at radius 1 is 0.297 bits per heavy atom. The number of aromatic nitrogens is 6. The Labute approximate surface area is 369 Å². The summed E-state index contributed by atoms with van der Waals surface area (Å²) in [7, 11) is 0. The fourth-order valence-corrected chi connectivity index (χ4v) is 9.01. The van der Waals surface area contributed by atoms with Crippen LogP contribution < -0.4 is 9.80 Å². The number of benzene rings is 8. The van der Waals surface area contributed by atoms with Crippen molar-refractivity contribution < 1.29 is 0 Å². The van der Waals surface area contributed by atoms with Crippen LogP contribution in [0.4, 0.5) is 34.4 Å². The Hall–Kier alpha value is -8.88. The third-order valence-corrected chi connectivity index (χ3v) is 11.9. The standard InChI is InChI=1S/C56H38N8/c1-5-17-41(18-6-1)61(42-19-7-2-8-20-42)53-33-35-57-55(59-53)63-49-27-15-13-25-45(49)47-37-39(29-31-51(47)63)40-30-32-52-48(38-40)46-26-14-16-28-50(46)64(52)56-58-36-34-54(60-56)62(43-21-9-3-10-22-43)44-23-11-4-12-24-44/h1-38H. The molecule has 0 aliphatic carbocycles. The van der Waals surface area contributed by atoms with E-state index in [1.54, 1.807) is 0 Å². The number of hydrogen-bond acceptors (Lipinski definition) is 6. The molecule has 0 aliphatic rings. The van der Waals surface area contributed by atoms with Crippen molar-refractivity contribution in [1.82, 2.24) is 29.1 Å². The molecule has 302 valence electrons. The molecule has 8 aromatic carbocycles. The summed E-state index contributed by atoms with van der Waals surface area (Å²) in [6.07, 6.45) is 3.70. The summed E-state index contributed by atoms with van der Waals surface area (Å²) in [4.78, 5) is 24.6.